The molecule has 0 spiro atoms. The molecular formula is C19H26F3N3O. The first kappa shape index (κ1) is 20.3. The maximum absolute atomic E-state index is 13.3. The number of amides is 1. The van der Waals surface area contributed by atoms with Crippen LogP contribution in [0.4, 0.5) is 13.2 Å². The highest BCUT2D eigenvalue weighted by Crippen LogP contribution is 2.35. The Morgan fingerprint density at radius 1 is 1.42 bits per heavy atom. The minimum Gasteiger partial charge on any atom is -0.389 e. The Bertz CT molecular complexity index is 645. The zero-order valence-electron chi connectivity index (χ0n) is 15.3. The normalized spacial score (nSPS) is 20.7. The summed E-state index contributed by atoms with van der Waals surface area (Å²) >= 11 is 0. The van der Waals surface area contributed by atoms with Crippen LogP contribution in [-0.4, -0.2) is 34.9 Å². The van der Waals surface area contributed by atoms with Crippen molar-refractivity contribution in [2.45, 2.75) is 51.7 Å². The fourth-order valence-electron chi connectivity index (χ4n) is 3.67. The second-order valence-electron chi connectivity index (χ2n) is 6.56. The topological polar surface area (TPSA) is 45.2 Å². The number of nitrogens with zero attached hydrogens (tertiary/aromatic N) is 2. The molecule has 2 atom stereocenters. The SMILES string of the molecule is C=C(NCC)C1CCCN(C(=O)c2ncccc2C(F)(F)F)C1CCC. The molecule has 1 amide bonds. The predicted octanol–water partition coefficient (Wildman–Crippen LogP) is 4.24. The fraction of sp³-hybridized carbons (Fsp3) is 0.579. The van der Waals surface area contributed by atoms with E-state index in [1.165, 1.54) is 12.3 Å². The second-order valence-corrected chi connectivity index (χ2v) is 6.56. The van der Waals surface area contributed by atoms with E-state index in [4.69, 9.17) is 0 Å². The average molecular weight is 369 g/mol. The van der Waals surface area contributed by atoms with Gasteiger partial charge in [-0.05, 0) is 38.3 Å². The van der Waals surface area contributed by atoms with Crippen LogP contribution in [0.3, 0.4) is 0 Å². The standard InChI is InChI=1S/C19H26F3N3O/c1-4-8-16-14(13(3)23-5-2)9-7-12-25(16)18(26)17-15(19(20,21)22)10-6-11-24-17/h6,10-11,14,16,23H,3-5,7-9,12H2,1-2H3. The van der Waals surface area contributed by atoms with Crippen molar-refractivity contribution in [2.75, 3.05) is 13.1 Å². The van der Waals surface area contributed by atoms with Crippen LogP contribution in [0, 0.1) is 5.92 Å². The minimum atomic E-state index is -4.61. The van der Waals surface area contributed by atoms with Gasteiger partial charge < -0.3 is 10.2 Å². The van der Waals surface area contributed by atoms with Crippen molar-refractivity contribution < 1.29 is 18.0 Å². The molecule has 1 aromatic heterocycles. The summed E-state index contributed by atoms with van der Waals surface area (Å²) in [6.45, 7) is 9.21. The number of hydrogen-bond donors (Lipinski definition) is 1. The smallest absolute Gasteiger partial charge is 0.389 e. The quantitative estimate of drug-likeness (QED) is 0.816. The molecule has 144 valence electrons. The first-order valence-electron chi connectivity index (χ1n) is 9.07. The molecule has 1 fully saturated rings. The second kappa shape index (κ2) is 8.56. The maximum atomic E-state index is 13.3. The van der Waals surface area contributed by atoms with Crippen molar-refractivity contribution in [3.05, 3.63) is 41.9 Å². The van der Waals surface area contributed by atoms with E-state index in [0.717, 1.165) is 44.0 Å². The number of carbonyl (C=O) groups excluding carboxylic acids is 1. The highest BCUT2D eigenvalue weighted by molar-refractivity contribution is 5.94. The molecule has 1 N–H and O–H groups in total. The number of nitrogens with one attached hydrogen (secondary N) is 1. The number of piperidine rings is 1. The molecule has 0 aromatic carbocycles. The van der Waals surface area contributed by atoms with Gasteiger partial charge in [0.25, 0.3) is 5.91 Å². The lowest BCUT2D eigenvalue weighted by atomic mass is 9.84. The van der Waals surface area contributed by atoms with Crippen LogP contribution < -0.4 is 5.32 Å². The molecule has 2 rings (SSSR count). The van der Waals surface area contributed by atoms with Gasteiger partial charge in [-0.2, -0.15) is 13.2 Å². The Morgan fingerprint density at radius 3 is 2.77 bits per heavy atom. The lowest BCUT2D eigenvalue weighted by molar-refractivity contribution is -0.138. The number of carbonyl (C=O) groups is 1. The summed E-state index contributed by atoms with van der Waals surface area (Å²) < 4.78 is 39.9. The van der Waals surface area contributed by atoms with E-state index in [2.05, 4.69) is 16.9 Å². The van der Waals surface area contributed by atoms with Gasteiger partial charge in [0.05, 0.1) is 5.56 Å². The Balaban J connectivity index is 2.36. The summed E-state index contributed by atoms with van der Waals surface area (Å²) in [7, 11) is 0. The van der Waals surface area contributed by atoms with E-state index in [0.29, 0.717) is 6.54 Å². The number of aromatic nitrogens is 1. The molecule has 0 aliphatic carbocycles. The molecule has 26 heavy (non-hydrogen) atoms. The van der Waals surface area contributed by atoms with Crippen LogP contribution in [-0.2, 0) is 6.18 Å². The van der Waals surface area contributed by atoms with Crippen molar-refractivity contribution >= 4 is 5.91 Å². The fourth-order valence-corrected chi connectivity index (χ4v) is 3.67. The number of hydrogen-bond acceptors (Lipinski definition) is 3. The first-order chi connectivity index (χ1) is 12.3. The molecule has 1 aliphatic rings. The molecule has 2 unspecified atom stereocenters. The summed E-state index contributed by atoms with van der Waals surface area (Å²) in [5.41, 5.74) is -0.649. The van der Waals surface area contributed by atoms with Gasteiger partial charge in [-0.25, -0.2) is 0 Å². The zero-order valence-corrected chi connectivity index (χ0v) is 15.3. The Hall–Kier alpha value is -2.05. The van der Waals surface area contributed by atoms with E-state index in [9.17, 15) is 18.0 Å². The minimum absolute atomic E-state index is 0.0330. The van der Waals surface area contributed by atoms with E-state index < -0.39 is 23.3 Å². The molecule has 0 saturated carbocycles. The maximum Gasteiger partial charge on any atom is 0.418 e. The van der Waals surface area contributed by atoms with E-state index in [-0.39, 0.29) is 12.0 Å². The van der Waals surface area contributed by atoms with Gasteiger partial charge in [-0.3, -0.25) is 9.78 Å². The first-order valence-corrected chi connectivity index (χ1v) is 9.07. The van der Waals surface area contributed by atoms with Crippen molar-refractivity contribution in [3.8, 4) is 0 Å². The van der Waals surface area contributed by atoms with Gasteiger partial charge in [-0.1, -0.05) is 19.9 Å². The monoisotopic (exact) mass is 369 g/mol. The molecule has 2 heterocycles. The summed E-state index contributed by atoms with van der Waals surface area (Å²) in [6.07, 6.45) is -0.226. The lowest BCUT2D eigenvalue weighted by Crippen LogP contribution is -2.50. The van der Waals surface area contributed by atoms with Gasteiger partial charge in [-0.15, -0.1) is 0 Å². The van der Waals surface area contributed by atoms with Gasteiger partial charge in [0.2, 0.25) is 0 Å². The zero-order chi connectivity index (χ0) is 19.3. The number of halogens is 3. The van der Waals surface area contributed by atoms with Crippen molar-refractivity contribution in [2.24, 2.45) is 5.92 Å². The molecule has 4 nitrogen and oxygen atoms in total. The van der Waals surface area contributed by atoms with Gasteiger partial charge >= 0.3 is 6.18 Å². The van der Waals surface area contributed by atoms with Crippen LogP contribution in [0.1, 0.15) is 55.6 Å². The van der Waals surface area contributed by atoms with Gasteiger partial charge in [0.1, 0.15) is 5.69 Å². The van der Waals surface area contributed by atoms with E-state index >= 15 is 0 Å². The summed E-state index contributed by atoms with van der Waals surface area (Å²) in [5, 5.41) is 3.21. The third-order valence-electron chi connectivity index (χ3n) is 4.79. The Morgan fingerprint density at radius 2 is 2.15 bits per heavy atom. The largest absolute Gasteiger partial charge is 0.418 e. The lowest BCUT2D eigenvalue weighted by Gasteiger charge is -2.42. The van der Waals surface area contributed by atoms with Crippen molar-refractivity contribution in [1.82, 2.24) is 15.2 Å². The highest BCUT2D eigenvalue weighted by atomic mass is 19.4. The predicted molar refractivity (Wildman–Crippen MR) is 94.5 cm³/mol. The van der Waals surface area contributed by atoms with Crippen LogP contribution in [0.5, 0.6) is 0 Å². The van der Waals surface area contributed by atoms with Crippen molar-refractivity contribution in [3.63, 3.8) is 0 Å². The molecule has 1 aliphatic heterocycles. The van der Waals surface area contributed by atoms with Crippen molar-refractivity contribution in [1.29, 1.82) is 0 Å². The average Bonchev–Trinajstić information content (AvgIpc) is 2.61. The summed E-state index contributed by atoms with van der Waals surface area (Å²) in [5.74, 6) is -0.615. The third-order valence-corrected chi connectivity index (χ3v) is 4.79. The number of pyridine rings is 1. The van der Waals surface area contributed by atoms with Crippen LogP contribution in [0.15, 0.2) is 30.6 Å². The number of rotatable bonds is 6. The van der Waals surface area contributed by atoms with Crippen LogP contribution >= 0.6 is 0 Å². The van der Waals surface area contributed by atoms with Crippen LogP contribution in [0.25, 0.3) is 0 Å². The van der Waals surface area contributed by atoms with Gasteiger partial charge in [0, 0.05) is 36.9 Å². The summed E-state index contributed by atoms with van der Waals surface area (Å²) in [4.78, 5) is 18.3. The Labute approximate surface area is 152 Å². The molecule has 1 saturated heterocycles. The third kappa shape index (κ3) is 4.37. The summed E-state index contributed by atoms with van der Waals surface area (Å²) in [6, 6.07) is 1.94. The molecule has 1 aromatic rings. The molecular weight excluding hydrogens is 343 g/mol. The number of likely N-dealkylation sites (tertiary alicyclic amines) is 1. The molecule has 7 heteroatoms. The molecule has 0 bridgehead atoms. The Kier molecular flexibility index (Phi) is 6.67. The number of alkyl halides is 3. The van der Waals surface area contributed by atoms with E-state index in [1.807, 2.05) is 13.8 Å². The van der Waals surface area contributed by atoms with Crippen LogP contribution in [0.2, 0.25) is 0 Å². The highest BCUT2D eigenvalue weighted by Gasteiger charge is 2.40. The molecule has 0 radical (unpaired) electrons. The van der Waals surface area contributed by atoms with Gasteiger partial charge in [0.15, 0.2) is 0 Å². The van der Waals surface area contributed by atoms with E-state index in [1.54, 1.807) is 4.90 Å².